The van der Waals surface area contributed by atoms with Gasteiger partial charge in [0.1, 0.15) is 11.5 Å². The zero-order valence-corrected chi connectivity index (χ0v) is 17.2. The maximum Gasteiger partial charge on any atom is 0.262 e. The van der Waals surface area contributed by atoms with E-state index in [1.54, 1.807) is 22.8 Å². The highest BCUT2D eigenvalue weighted by molar-refractivity contribution is 5.83. The van der Waals surface area contributed by atoms with Gasteiger partial charge in [0.05, 0.1) is 29.7 Å². The van der Waals surface area contributed by atoms with Crippen molar-refractivity contribution in [2.24, 2.45) is 0 Å². The number of para-hydroxylation sites is 1. The number of fused-ring (bicyclic) bond motifs is 3. The Hall–Kier alpha value is -3.39. The second-order valence-electron chi connectivity index (χ2n) is 7.29. The summed E-state index contributed by atoms with van der Waals surface area (Å²) in [6, 6.07) is 12.3. The number of aromatic hydroxyl groups is 1. The van der Waals surface area contributed by atoms with Crippen LogP contribution in [0.3, 0.4) is 0 Å². The molecule has 8 heteroatoms. The molecule has 0 radical (unpaired) electrons. The van der Waals surface area contributed by atoms with Crippen molar-refractivity contribution in [1.29, 1.82) is 0 Å². The molecular formula is C22H24N4O4. The van der Waals surface area contributed by atoms with Crippen molar-refractivity contribution >= 4 is 16.7 Å². The molecule has 2 aromatic heterocycles. The minimum Gasteiger partial charge on any atom is -0.507 e. The zero-order valence-electron chi connectivity index (χ0n) is 17.2. The first-order chi connectivity index (χ1) is 14.5. The number of ether oxygens (including phenoxy) is 2. The smallest absolute Gasteiger partial charge is 0.262 e. The van der Waals surface area contributed by atoms with Crippen LogP contribution in [0.1, 0.15) is 20.3 Å². The van der Waals surface area contributed by atoms with Gasteiger partial charge in [0, 0.05) is 19.2 Å². The lowest BCUT2D eigenvalue weighted by atomic mass is 10.1. The van der Waals surface area contributed by atoms with E-state index in [9.17, 15) is 9.90 Å². The van der Waals surface area contributed by atoms with Gasteiger partial charge >= 0.3 is 0 Å². The number of rotatable bonds is 7. The molecule has 30 heavy (non-hydrogen) atoms. The summed E-state index contributed by atoms with van der Waals surface area (Å²) in [5, 5.41) is 19.7. The van der Waals surface area contributed by atoms with Gasteiger partial charge in [0.25, 0.3) is 5.56 Å². The fourth-order valence-corrected chi connectivity index (χ4v) is 3.50. The molecule has 0 saturated carbocycles. The van der Waals surface area contributed by atoms with Gasteiger partial charge in [0.15, 0.2) is 5.82 Å². The Balaban J connectivity index is 1.90. The maximum absolute atomic E-state index is 13.1. The third-order valence-corrected chi connectivity index (χ3v) is 4.93. The van der Waals surface area contributed by atoms with Crippen LogP contribution in [0.25, 0.3) is 28.1 Å². The summed E-state index contributed by atoms with van der Waals surface area (Å²) in [7, 11) is 1.54. The third-order valence-electron chi connectivity index (χ3n) is 4.93. The predicted molar refractivity (Wildman–Crippen MR) is 114 cm³/mol. The van der Waals surface area contributed by atoms with Gasteiger partial charge < -0.3 is 14.6 Å². The predicted octanol–water partition coefficient (Wildman–Crippen LogP) is 3.24. The summed E-state index contributed by atoms with van der Waals surface area (Å²) in [6.07, 6.45) is 0.804. The maximum atomic E-state index is 13.1. The van der Waals surface area contributed by atoms with E-state index in [0.717, 1.165) is 0 Å². The van der Waals surface area contributed by atoms with Crippen LogP contribution in [0.4, 0.5) is 0 Å². The molecule has 0 aliphatic carbocycles. The Morgan fingerprint density at radius 1 is 1.13 bits per heavy atom. The van der Waals surface area contributed by atoms with Crippen molar-refractivity contribution in [2.45, 2.75) is 32.9 Å². The number of aryl methyl sites for hydroxylation is 1. The fourth-order valence-electron chi connectivity index (χ4n) is 3.50. The molecule has 0 saturated heterocycles. The van der Waals surface area contributed by atoms with Gasteiger partial charge in [-0.2, -0.15) is 0 Å². The SMILES string of the molecule is COc1ccc(-c2nnc3n(CCCOC(C)C)c(=O)c4ccccc4n23)c(O)c1. The van der Waals surface area contributed by atoms with Gasteiger partial charge in [-0.15, -0.1) is 10.2 Å². The van der Waals surface area contributed by atoms with Gasteiger partial charge in [-0.05, 0) is 44.5 Å². The molecule has 8 nitrogen and oxygen atoms in total. The summed E-state index contributed by atoms with van der Waals surface area (Å²) in [4.78, 5) is 13.1. The van der Waals surface area contributed by atoms with Gasteiger partial charge in [0.2, 0.25) is 5.78 Å². The number of hydrogen-bond donors (Lipinski definition) is 1. The van der Waals surface area contributed by atoms with Crippen molar-refractivity contribution in [1.82, 2.24) is 19.2 Å². The van der Waals surface area contributed by atoms with Crippen LogP contribution in [0.5, 0.6) is 11.5 Å². The lowest BCUT2D eigenvalue weighted by Crippen LogP contribution is -2.24. The largest absolute Gasteiger partial charge is 0.507 e. The molecule has 0 atom stereocenters. The van der Waals surface area contributed by atoms with Crippen LogP contribution in [-0.2, 0) is 11.3 Å². The Morgan fingerprint density at radius 2 is 1.93 bits per heavy atom. The summed E-state index contributed by atoms with van der Waals surface area (Å²) in [5.74, 6) is 1.44. The first kappa shape index (κ1) is 19.9. The van der Waals surface area contributed by atoms with E-state index in [4.69, 9.17) is 9.47 Å². The fraction of sp³-hybridized carbons (Fsp3) is 0.318. The topological polar surface area (TPSA) is 90.9 Å². The highest BCUT2D eigenvalue weighted by Gasteiger charge is 2.19. The van der Waals surface area contributed by atoms with Gasteiger partial charge in [-0.25, -0.2) is 0 Å². The first-order valence-corrected chi connectivity index (χ1v) is 9.87. The molecule has 156 valence electrons. The number of hydrogen-bond acceptors (Lipinski definition) is 6. The number of phenols is 1. The van der Waals surface area contributed by atoms with E-state index in [0.29, 0.717) is 53.4 Å². The Kier molecular flexibility index (Phi) is 5.41. The van der Waals surface area contributed by atoms with Crippen LogP contribution < -0.4 is 10.3 Å². The summed E-state index contributed by atoms with van der Waals surface area (Å²) in [5.41, 5.74) is 1.06. The minimum atomic E-state index is -0.124. The second kappa shape index (κ2) is 8.16. The van der Waals surface area contributed by atoms with Gasteiger partial charge in [-0.1, -0.05) is 12.1 Å². The zero-order chi connectivity index (χ0) is 21.3. The van der Waals surface area contributed by atoms with E-state index in [-0.39, 0.29) is 17.4 Å². The normalized spacial score (nSPS) is 11.6. The van der Waals surface area contributed by atoms with Crippen LogP contribution in [-0.4, -0.2) is 44.1 Å². The van der Waals surface area contributed by atoms with E-state index < -0.39 is 0 Å². The molecule has 0 aliphatic heterocycles. The molecule has 2 heterocycles. The Bertz CT molecular complexity index is 1260. The third kappa shape index (κ3) is 3.50. The van der Waals surface area contributed by atoms with E-state index in [1.165, 1.54) is 13.2 Å². The average molecular weight is 408 g/mol. The van der Waals surface area contributed by atoms with Crippen LogP contribution in [0.15, 0.2) is 47.3 Å². The minimum absolute atomic E-state index is 0.0239. The number of methoxy groups -OCH3 is 1. The van der Waals surface area contributed by atoms with Crippen molar-refractivity contribution in [2.75, 3.05) is 13.7 Å². The molecule has 2 aromatic carbocycles. The van der Waals surface area contributed by atoms with Crippen molar-refractivity contribution in [3.8, 4) is 22.9 Å². The molecular weight excluding hydrogens is 384 g/mol. The lowest BCUT2D eigenvalue weighted by molar-refractivity contribution is 0.0748. The highest BCUT2D eigenvalue weighted by atomic mass is 16.5. The van der Waals surface area contributed by atoms with E-state index in [1.807, 2.05) is 36.4 Å². The van der Waals surface area contributed by atoms with Crippen LogP contribution >= 0.6 is 0 Å². The number of aromatic nitrogens is 4. The van der Waals surface area contributed by atoms with Gasteiger partial charge in [-0.3, -0.25) is 13.8 Å². The number of phenolic OH excluding ortho intramolecular Hbond substituents is 1. The number of benzene rings is 2. The van der Waals surface area contributed by atoms with E-state index >= 15 is 0 Å². The van der Waals surface area contributed by atoms with Crippen molar-refractivity contribution in [3.63, 3.8) is 0 Å². The molecule has 0 fully saturated rings. The summed E-state index contributed by atoms with van der Waals surface area (Å²) in [6.45, 7) is 4.95. The Labute approximate surface area is 173 Å². The molecule has 0 spiro atoms. The number of nitrogens with zero attached hydrogens (tertiary/aromatic N) is 4. The first-order valence-electron chi connectivity index (χ1n) is 9.87. The van der Waals surface area contributed by atoms with Crippen molar-refractivity contribution in [3.05, 3.63) is 52.8 Å². The van der Waals surface area contributed by atoms with Crippen molar-refractivity contribution < 1.29 is 14.6 Å². The van der Waals surface area contributed by atoms with Crippen LogP contribution in [0.2, 0.25) is 0 Å². The quantitative estimate of drug-likeness (QED) is 0.472. The molecule has 0 amide bonds. The molecule has 0 bridgehead atoms. The molecule has 0 unspecified atom stereocenters. The second-order valence-corrected chi connectivity index (χ2v) is 7.29. The summed E-state index contributed by atoms with van der Waals surface area (Å²) >= 11 is 0. The molecule has 4 rings (SSSR count). The Morgan fingerprint density at radius 3 is 2.67 bits per heavy atom. The summed E-state index contributed by atoms with van der Waals surface area (Å²) < 4.78 is 14.2. The molecule has 4 aromatic rings. The van der Waals surface area contributed by atoms with E-state index in [2.05, 4.69) is 10.2 Å². The standard InChI is InChI=1S/C22H24N4O4/c1-14(2)30-12-6-11-25-21(28)16-7-4-5-8-18(16)26-20(23-24-22(25)26)17-10-9-15(29-3)13-19(17)27/h4-5,7-10,13-14,27H,6,11-12H2,1-3H3. The average Bonchev–Trinajstić information content (AvgIpc) is 3.17. The molecule has 1 N–H and O–H groups in total. The molecule has 0 aliphatic rings. The monoisotopic (exact) mass is 408 g/mol. The lowest BCUT2D eigenvalue weighted by Gasteiger charge is -2.13. The highest BCUT2D eigenvalue weighted by Crippen LogP contribution is 2.32. The van der Waals surface area contributed by atoms with Crippen LogP contribution in [0, 0.1) is 0 Å².